The molecule has 1 saturated carbocycles. The lowest BCUT2D eigenvalue weighted by atomic mass is 9.98. The van der Waals surface area contributed by atoms with Gasteiger partial charge in [0.25, 0.3) is 0 Å². The minimum absolute atomic E-state index is 0.723. The molecule has 0 amide bonds. The standard InChI is InChI=1S/C15H28O2Si/c1-16-12-14-10-6-8-13(14)9-7-11-15(17-2)18(3,4)5/h11-13H,6-10H2,1-5H3/b14-12-,15-11-. The first kappa shape index (κ1) is 15.4. The van der Waals surface area contributed by atoms with Crippen molar-refractivity contribution in [2.24, 2.45) is 5.92 Å². The number of allylic oxidation sites excluding steroid dienone is 2. The van der Waals surface area contributed by atoms with E-state index < -0.39 is 8.07 Å². The third kappa shape index (κ3) is 4.52. The minimum atomic E-state index is -1.30. The van der Waals surface area contributed by atoms with Crippen LogP contribution < -0.4 is 0 Å². The van der Waals surface area contributed by atoms with Gasteiger partial charge in [0.15, 0.2) is 0 Å². The molecule has 1 aliphatic rings. The minimum Gasteiger partial charge on any atom is -0.507 e. The van der Waals surface area contributed by atoms with Crippen LogP contribution in [0.4, 0.5) is 0 Å². The van der Waals surface area contributed by atoms with E-state index in [1.165, 1.54) is 36.6 Å². The van der Waals surface area contributed by atoms with Crippen LogP contribution in [0.15, 0.2) is 23.3 Å². The number of methoxy groups -OCH3 is 2. The van der Waals surface area contributed by atoms with Crippen molar-refractivity contribution in [3.05, 3.63) is 23.3 Å². The van der Waals surface area contributed by atoms with Gasteiger partial charge in [0.05, 0.1) is 25.9 Å². The molecule has 1 atom stereocenters. The maximum absolute atomic E-state index is 5.54. The predicted molar refractivity (Wildman–Crippen MR) is 80.1 cm³/mol. The molecule has 0 aromatic heterocycles. The summed E-state index contributed by atoms with van der Waals surface area (Å²) in [5.41, 5.74) is 1.50. The summed E-state index contributed by atoms with van der Waals surface area (Å²) in [6.45, 7) is 6.98. The summed E-state index contributed by atoms with van der Waals surface area (Å²) < 4.78 is 10.7. The van der Waals surface area contributed by atoms with Crippen molar-refractivity contribution < 1.29 is 9.47 Å². The second-order valence-corrected chi connectivity index (χ2v) is 11.1. The number of ether oxygens (including phenoxy) is 2. The Kier molecular flexibility index (Phi) is 5.99. The van der Waals surface area contributed by atoms with Crippen LogP contribution in [0, 0.1) is 5.92 Å². The zero-order valence-electron chi connectivity index (χ0n) is 12.6. The largest absolute Gasteiger partial charge is 0.507 e. The van der Waals surface area contributed by atoms with Crippen molar-refractivity contribution >= 4 is 8.07 Å². The van der Waals surface area contributed by atoms with Crippen LogP contribution in [0.5, 0.6) is 0 Å². The van der Waals surface area contributed by atoms with Gasteiger partial charge in [-0.2, -0.15) is 0 Å². The van der Waals surface area contributed by atoms with E-state index in [1.807, 2.05) is 6.26 Å². The zero-order valence-corrected chi connectivity index (χ0v) is 13.6. The highest BCUT2D eigenvalue weighted by atomic mass is 28.3. The molecule has 1 unspecified atom stereocenters. The predicted octanol–water partition coefficient (Wildman–Crippen LogP) is 4.50. The Hall–Kier alpha value is -0.703. The number of hydrogen-bond donors (Lipinski definition) is 0. The van der Waals surface area contributed by atoms with Gasteiger partial charge in [-0.15, -0.1) is 0 Å². The Morgan fingerprint density at radius 1 is 1.33 bits per heavy atom. The Balaban J connectivity index is 2.50. The molecular formula is C15H28O2Si. The Bertz CT molecular complexity index is 313. The zero-order chi connectivity index (χ0) is 13.6. The van der Waals surface area contributed by atoms with Crippen LogP contribution in [-0.2, 0) is 9.47 Å². The maximum atomic E-state index is 5.54. The summed E-state index contributed by atoms with van der Waals surface area (Å²) in [4.78, 5) is 0. The first-order chi connectivity index (χ1) is 8.49. The molecule has 1 fully saturated rings. The monoisotopic (exact) mass is 268 g/mol. The number of rotatable bonds is 6. The van der Waals surface area contributed by atoms with Gasteiger partial charge in [0.2, 0.25) is 0 Å². The fourth-order valence-corrected chi connectivity index (χ4v) is 4.06. The van der Waals surface area contributed by atoms with E-state index >= 15 is 0 Å². The third-order valence-electron chi connectivity index (χ3n) is 3.62. The highest BCUT2D eigenvalue weighted by molar-refractivity contribution is 6.82. The number of hydrogen-bond acceptors (Lipinski definition) is 2. The molecule has 0 saturated heterocycles. The molecule has 0 aromatic carbocycles. The molecule has 0 bridgehead atoms. The molecule has 0 aromatic rings. The van der Waals surface area contributed by atoms with Crippen molar-refractivity contribution in [1.29, 1.82) is 0 Å². The molecule has 104 valence electrons. The summed E-state index contributed by atoms with van der Waals surface area (Å²) in [7, 11) is 2.25. The Morgan fingerprint density at radius 2 is 2.06 bits per heavy atom. The molecule has 2 nitrogen and oxygen atoms in total. The van der Waals surface area contributed by atoms with Gasteiger partial charge >= 0.3 is 0 Å². The van der Waals surface area contributed by atoms with Crippen molar-refractivity contribution in [2.45, 2.75) is 51.7 Å². The second kappa shape index (κ2) is 7.03. The maximum Gasteiger partial charge on any atom is 0.122 e. The third-order valence-corrected chi connectivity index (χ3v) is 5.50. The second-order valence-electron chi connectivity index (χ2n) is 6.12. The van der Waals surface area contributed by atoms with Crippen LogP contribution >= 0.6 is 0 Å². The average molecular weight is 268 g/mol. The van der Waals surface area contributed by atoms with Gasteiger partial charge in [0, 0.05) is 0 Å². The molecule has 1 aliphatic carbocycles. The van der Waals surface area contributed by atoms with Gasteiger partial charge in [-0.25, -0.2) is 0 Å². The lowest BCUT2D eigenvalue weighted by Gasteiger charge is -2.19. The van der Waals surface area contributed by atoms with Crippen LogP contribution in [0.2, 0.25) is 19.6 Å². The van der Waals surface area contributed by atoms with Crippen LogP contribution in [0.1, 0.15) is 32.1 Å². The average Bonchev–Trinajstić information content (AvgIpc) is 2.71. The van der Waals surface area contributed by atoms with E-state index in [-0.39, 0.29) is 0 Å². The quantitative estimate of drug-likeness (QED) is 0.521. The summed E-state index contributed by atoms with van der Waals surface area (Å²) in [6, 6.07) is 0. The summed E-state index contributed by atoms with van der Waals surface area (Å²) in [6.07, 6.45) is 10.5. The smallest absolute Gasteiger partial charge is 0.122 e. The van der Waals surface area contributed by atoms with Gasteiger partial charge < -0.3 is 9.47 Å². The molecule has 3 heteroatoms. The normalized spacial score (nSPS) is 23.5. The van der Waals surface area contributed by atoms with Crippen molar-refractivity contribution in [3.8, 4) is 0 Å². The van der Waals surface area contributed by atoms with Gasteiger partial charge in [-0.05, 0) is 43.6 Å². The van der Waals surface area contributed by atoms with E-state index in [0.717, 1.165) is 12.3 Å². The first-order valence-corrected chi connectivity index (χ1v) is 10.5. The summed E-state index contributed by atoms with van der Waals surface area (Å²) >= 11 is 0. The van der Waals surface area contributed by atoms with Crippen molar-refractivity contribution in [3.63, 3.8) is 0 Å². The van der Waals surface area contributed by atoms with Crippen molar-refractivity contribution in [1.82, 2.24) is 0 Å². The highest BCUT2D eigenvalue weighted by Gasteiger charge is 2.22. The summed E-state index contributed by atoms with van der Waals surface area (Å²) in [5.74, 6) is 0.723. The first-order valence-electron chi connectivity index (χ1n) is 6.95. The molecule has 0 radical (unpaired) electrons. The van der Waals surface area contributed by atoms with E-state index in [9.17, 15) is 0 Å². The van der Waals surface area contributed by atoms with Crippen LogP contribution in [0.3, 0.4) is 0 Å². The SMILES string of the molecule is CO/C=C1/CCCC1CC/C=C(/OC)[Si](C)(C)C. The molecular weight excluding hydrogens is 240 g/mol. The molecule has 0 N–H and O–H groups in total. The van der Waals surface area contributed by atoms with E-state index in [4.69, 9.17) is 9.47 Å². The Labute approximate surface area is 113 Å². The van der Waals surface area contributed by atoms with Crippen LogP contribution in [0.25, 0.3) is 0 Å². The topological polar surface area (TPSA) is 18.5 Å². The van der Waals surface area contributed by atoms with Gasteiger partial charge in [-0.1, -0.05) is 25.7 Å². The van der Waals surface area contributed by atoms with Gasteiger partial charge in [0.1, 0.15) is 8.07 Å². The van der Waals surface area contributed by atoms with E-state index in [0.29, 0.717) is 0 Å². The highest BCUT2D eigenvalue weighted by Crippen LogP contribution is 2.34. The fraction of sp³-hybridized carbons (Fsp3) is 0.733. The van der Waals surface area contributed by atoms with Gasteiger partial charge in [-0.3, -0.25) is 0 Å². The van der Waals surface area contributed by atoms with Crippen molar-refractivity contribution in [2.75, 3.05) is 14.2 Å². The van der Waals surface area contributed by atoms with Crippen LogP contribution in [-0.4, -0.2) is 22.3 Å². The van der Waals surface area contributed by atoms with E-state index in [2.05, 4.69) is 25.7 Å². The molecule has 0 heterocycles. The fourth-order valence-electron chi connectivity index (χ4n) is 2.69. The molecule has 18 heavy (non-hydrogen) atoms. The lowest BCUT2D eigenvalue weighted by molar-refractivity contribution is 0.313. The lowest BCUT2D eigenvalue weighted by Crippen LogP contribution is -2.25. The Morgan fingerprint density at radius 3 is 2.61 bits per heavy atom. The molecule has 0 aliphatic heterocycles. The molecule has 1 rings (SSSR count). The van der Waals surface area contributed by atoms with E-state index in [1.54, 1.807) is 14.2 Å². The molecule has 0 spiro atoms. The summed E-state index contributed by atoms with van der Waals surface area (Å²) in [5, 5.41) is 1.23.